The van der Waals surface area contributed by atoms with E-state index in [2.05, 4.69) is 4.72 Å². The third-order valence-electron chi connectivity index (χ3n) is 2.47. The lowest BCUT2D eigenvalue weighted by molar-refractivity contribution is 0.0697. The maximum atomic E-state index is 12.0. The molecule has 1 aromatic rings. The Balaban J connectivity index is 2.70. The molecule has 2 N–H and O–H groups in total. The van der Waals surface area contributed by atoms with E-state index >= 15 is 0 Å². The summed E-state index contributed by atoms with van der Waals surface area (Å²) < 4.78 is 31.6. The molecule has 1 rings (SSSR count). The molecule has 0 aromatic heterocycles. The molecule has 0 saturated heterocycles. The normalized spacial score (nSPS) is 11.8. The van der Waals surface area contributed by atoms with Crippen molar-refractivity contribution in [3.63, 3.8) is 0 Å². The van der Waals surface area contributed by atoms with E-state index in [1.54, 1.807) is 0 Å². The SMILES string of the molecule is CC(C)COCCNS(=O)(=O)c1ccc(Cl)c(C(=O)O)c1. The highest BCUT2D eigenvalue weighted by Gasteiger charge is 2.17. The van der Waals surface area contributed by atoms with Gasteiger partial charge in [-0.15, -0.1) is 0 Å². The molecule has 1 aromatic carbocycles. The van der Waals surface area contributed by atoms with E-state index in [-0.39, 0.29) is 28.6 Å². The van der Waals surface area contributed by atoms with Gasteiger partial charge in [-0.25, -0.2) is 17.9 Å². The summed E-state index contributed by atoms with van der Waals surface area (Å²) in [5.74, 6) is -0.909. The molecule has 8 heteroatoms. The summed E-state index contributed by atoms with van der Waals surface area (Å²) in [4.78, 5) is 10.8. The standard InChI is InChI=1S/C13H18ClNO5S/c1-9(2)8-20-6-5-15-21(18,19)10-3-4-12(14)11(7-10)13(16)17/h3-4,7,9,15H,5-6,8H2,1-2H3,(H,16,17). The fourth-order valence-electron chi connectivity index (χ4n) is 1.49. The van der Waals surface area contributed by atoms with Gasteiger partial charge in [-0.2, -0.15) is 0 Å². The summed E-state index contributed by atoms with van der Waals surface area (Å²) in [5, 5.41) is 8.92. The molecule has 6 nitrogen and oxygen atoms in total. The molecule has 0 atom stereocenters. The minimum absolute atomic E-state index is 0.0123. The van der Waals surface area contributed by atoms with Gasteiger partial charge in [0, 0.05) is 13.2 Å². The van der Waals surface area contributed by atoms with Crippen molar-refractivity contribution in [2.45, 2.75) is 18.7 Å². The number of sulfonamides is 1. The molecular formula is C13H18ClNO5S. The zero-order valence-electron chi connectivity index (χ0n) is 11.8. The smallest absolute Gasteiger partial charge is 0.337 e. The van der Waals surface area contributed by atoms with Gasteiger partial charge in [-0.05, 0) is 24.1 Å². The van der Waals surface area contributed by atoms with Gasteiger partial charge in [0.05, 0.1) is 22.1 Å². The molecule has 0 unspecified atom stereocenters. The van der Waals surface area contributed by atoms with E-state index in [9.17, 15) is 13.2 Å². The second-order valence-electron chi connectivity index (χ2n) is 4.81. The molecule has 0 aliphatic carbocycles. The Morgan fingerprint density at radius 3 is 2.67 bits per heavy atom. The van der Waals surface area contributed by atoms with Crippen molar-refractivity contribution in [1.82, 2.24) is 4.72 Å². The number of halogens is 1. The average Bonchev–Trinajstić information content (AvgIpc) is 2.37. The van der Waals surface area contributed by atoms with Gasteiger partial charge in [-0.1, -0.05) is 25.4 Å². The largest absolute Gasteiger partial charge is 0.478 e. The van der Waals surface area contributed by atoms with Crippen molar-refractivity contribution in [1.29, 1.82) is 0 Å². The minimum atomic E-state index is -3.79. The number of rotatable bonds is 8. The Morgan fingerprint density at radius 2 is 2.10 bits per heavy atom. The maximum absolute atomic E-state index is 12.0. The van der Waals surface area contributed by atoms with E-state index in [4.69, 9.17) is 21.4 Å². The van der Waals surface area contributed by atoms with Crippen molar-refractivity contribution in [3.05, 3.63) is 28.8 Å². The van der Waals surface area contributed by atoms with Crippen LogP contribution in [-0.4, -0.2) is 39.3 Å². The van der Waals surface area contributed by atoms with Crippen LogP contribution in [0, 0.1) is 5.92 Å². The van der Waals surface area contributed by atoms with Crippen LogP contribution in [0.3, 0.4) is 0 Å². The van der Waals surface area contributed by atoms with E-state index < -0.39 is 16.0 Å². The maximum Gasteiger partial charge on any atom is 0.337 e. The van der Waals surface area contributed by atoms with Crippen LogP contribution < -0.4 is 4.72 Å². The molecular weight excluding hydrogens is 318 g/mol. The average molecular weight is 336 g/mol. The van der Waals surface area contributed by atoms with E-state index in [0.717, 1.165) is 6.07 Å². The number of carbonyl (C=O) groups is 1. The number of nitrogens with one attached hydrogen (secondary N) is 1. The van der Waals surface area contributed by atoms with Crippen molar-refractivity contribution in [2.24, 2.45) is 5.92 Å². The summed E-state index contributed by atoms with van der Waals surface area (Å²) in [5.41, 5.74) is -0.254. The highest BCUT2D eigenvalue weighted by atomic mass is 35.5. The molecule has 21 heavy (non-hydrogen) atoms. The number of hydrogen-bond acceptors (Lipinski definition) is 4. The molecule has 0 fully saturated rings. The zero-order valence-corrected chi connectivity index (χ0v) is 13.4. The number of aromatic carboxylic acids is 1. The summed E-state index contributed by atoms with van der Waals surface area (Å²) in [7, 11) is -3.79. The van der Waals surface area contributed by atoms with Crippen LogP contribution >= 0.6 is 11.6 Å². The molecule has 0 saturated carbocycles. The van der Waals surface area contributed by atoms with Crippen molar-refractivity contribution < 1.29 is 23.1 Å². The quantitative estimate of drug-likeness (QED) is 0.709. The number of ether oxygens (including phenoxy) is 1. The molecule has 0 radical (unpaired) electrons. The Labute approximate surface area is 129 Å². The Hall–Kier alpha value is -1.15. The van der Waals surface area contributed by atoms with E-state index in [1.807, 2.05) is 13.8 Å². The molecule has 0 aliphatic rings. The number of carboxylic acid groups (broad SMARTS) is 1. The van der Waals surface area contributed by atoms with Gasteiger partial charge >= 0.3 is 5.97 Å². The Morgan fingerprint density at radius 1 is 1.43 bits per heavy atom. The Bertz CT molecular complexity index is 601. The molecule has 0 aliphatic heterocycles. The van der Waals surface area contributed by atoms with Gasteiger partial charge in [0.25, 0.3) is 0 Å². The lowest BCUT2D eigenvalue weighted by Gasteiger charge is -2.09. The molecule has 0 heterocycles. The number of carboxylic acids is 1. The van der Waals surface area contributed by atoms with E-state index in [0.29, 0.717) is 12.5 Å². The van der Waals surface area contributed by atoms with Crippen LogP contribution in [0.4, 0.5) is 0 Å². The third kappa shape index (κ3) is 5.62. The van der Waals surface area contributed by atoms with Crippen LogP contribution in [-0.2, 0) is 14.8 Å². The van der Waals surface area contributed by atoms with Crippen LogP contribution in [0.2, 0.25) is 5.02 Å². The number of benzene rings is 1. The van der Waals surface area contributed by atoms with Crippen molar-refractivity contribution in [3.8, 4) is 0 Å². The summed E-state index contributed by atoms with van der Waals surface area (Å²) in [6.07, 6.45) is 0. The fourth-order valence-corrected chi connectivity index (χ4v) is 2.72. The lowest BCUT2D eigenvalue weighted by Crippen LogP contribution is -2.28. The van der Waals surface area contributed by atoms with Crippen molar-refractivity contribution >= 4 is 27.6 Å². The first-order valence-electron chi connectivity index (χ1n) is 6.34. The highest BCUT2D eigenvalue weighted by Crippen LogP contribution is 2.20. The monoisotopic (exact) mass is 335 g/mol. The third-order valence-corrected chi connectivity index (χ3v) is 4.26. The lowest BCUT2D eigenvalue weighted by atomic mass is 10.2. The number of hydrogen-bond donors (Lipinski definition) is 2. The zero-order chi connectivity index (χ0) is 16.0. The first-order chi connectivity index (χ1) is 9.74. The first kappa shape index (κ1) is 17.9. The predicted octanol–water partition coefficient (Wildman–Crippen LogP) is 1.99. The van der Waals surface area contributed by atoms with Crippen LogP contribution in [0.5, 0.6) is 0 Å². The predicted molar refractivity (Wildman–Crippen MR) is 79.3 cm³/mol. The fraction of sp³-hybridized carbons (Fsp3) is 0.462. The first-order valence-corrected chi connectivity index (χ1v) is 8.20. The second kappa shape index (κ2) is 7.74. The van der Waals surface area contributed by atoms with Crippen LogP contribution in [0.1, 0.15) is 24.2 Å². The van der Waals surface area contributed by atoms with Crippen molar-refractivity contribution in [2.75, 3.05) is 19.8 Å². The van der Waals surface area contributed by atoms with E-state index in [1.165, 1.54) is 12.1 Å². The van der Waals surface area contributed by atoms with Gasteiger partial charge in [0.15, 0.2) is 0 Å². The summed E-state index contributed by atoms with van der Waals surface area (Å²) in [6, 6.07) is 3.53. The molecule has 0 spiro atoms. The molecule has 0 bridgehead atoms. The van der Waals surface area contributed by atoms with Crippen LogP contribution in [0.15, 0.2) is 23.1 Å². The van der Waals surface area contributed by atoms with Gasteiger partial charge in [0.2, 0.25) is 10.0 Å². The van der Waals surface area contributed by atoms with Gasteiger partial charge < -0.3 is 9.84 Å². The molecule has 118 valence electrons. The topological polar surface area (TPSA) is 92.7 Å². The summed E-state index contributed by atoms with van der Waals surface area (Å²) in [6.45, 7) is 4.89. The summed E-state index contributed by atoms with van der Waals surface area (Å²) >= 11 is 5.70. The van der Waals surface area contributed by atoms with Gasteiger partial charge in [0.1, 0.15) is 0 Å². The second-order valence-corrected chi connectivity index (χ2v) is 6.99. The molecule has 0 amide bonds. The highest BCUT2D eigenvalue weighted by molar-refractivity contribution is 7.89. The van der Waals surface area contributed by atoms with Crippen LogP contribution in [0.25, 0.3) is 0 Å². The minimum Gasteiger partial charge on any atom is -0.478 e. The van der Waals surface area contributed by atoms with Gasteiger partial charge in [-0.3, -0.25) is 0 Å². The Kier molecular flexibility index (Phi) is 6.60.